The minimum atomic E-state index is -0.243. The Balaban J connectivity index is 1.08. The summed E-state index contributed by atoms with van der Waals surface area (Å²) in [4.78, 5) is 0. The van der Waals surface area contributed by atoms with Crippen molar-refractivity contribution in [2.45, 2.75) is 45.4 Å². The molecule has 1 heteroatoms. The molecule has 1 heterocycles. The predicted molar refractivity (Wildman–Crippen MR) is 271 cm³/mol. The van der Waals surface area contributed by atoms with Gasteiger partial charge >= 0.3 is 0 Å². The molecule has 0 saturated heterocycles. The average Bonchev–Trinajstić information content (AvgIpc) is 3.87. The van der Waals surface area contributed by atoms with E-state index in [0.717, 1.165) is 0 Å². The predicted octanol–water partition coefficient (Wildman–Crippen LogP) is 17.6. The van der Waals surface area contributed by atoms with Crippen LogP contribution in [0.2, 0.25) is 0 Å². The third-order valence-electron chi connectivity index (χ3n) is 14.3. The SMILES string of the molecule is C=CC1=C(/C=C\C)c2c(c(-c3ccc4c(c3)-c3ccc(-c5c6ccccc6c(-c6ccccc6)c6ccccc56)cc3C4(C)C)cc3sc4c5ccccc5ccc4c23)C1(C)C. The van der Waals surface area contributed by atoms with Crippen molar-refractivity contribution in [1.29, 1.82) is 0 Å². The first-order chi connectivity index (χ1) is 30.2. The summed E-state index contributed by atoms with van der Waals surface area (Å²) in [5, 5.41) is 10.4. The Labute approximate surface area is 367 Å². The summed E-state index contributed by atoms with van der Waals surface area (Å²) in [5.41, 5.74) is 18.0. The molecule has 0 bridgehead atoms. The van der Waals surface area contributed by atoms with Crippen LogP contribution in [0.15, 0.2) is 188 Å². The summed E-state index contributed by atoms with van der Waals surface area (Å²) in [6.07, 6.45) is 6.62. The highest BCUT2D eigenvalue weighted by atomic mass is 32.1. The largest absolute Gasteiger partial charge is 0.134 e. The lowest BCUT2D eigenvalue weighted by Gasteiger charge is -2.26. The topological polar surface area (TPSA) is 0 Å². The lowest BCUT2D eigenvalue weighted by Crippen LogP contribution is -2.17. The molecule has 1 aromatic heterocycles. The Kier molecular flexibility index (Phi) is 7.97. The molecule has 0 aliphatic heterocycles. The van der Waals surface area contributed by atoms with E-state index in [0.29, 0.717) is 0 Å². The first-order valence-electron chi connectivity index (χ1n) is 21.9. The molecule has 0 radical (unpaired) electrons. The monoisotopic (exact) mass is 810 g/mol. The van der Waals surface area contributed by atoms with Crippen molar-refractivity contribution < 1.29 is 0 Å². The number of rotatable bonds is 5. The lowest BCUT2D eigenvalue weighted by atomic mass is 9.76. The van der Waals surface area contributed by atoms with Gasteiger partial charge in [-0.1, -0.05) is 192 Å². The number of thiophene rings is 1. The number of allylic oxidation sites excluding steroid dienone is 5. The highest BCUT2D eigenvalue weighted by Gasteiger charge is 2.41. The summed E-state index contributed by atoms with van der Waals surface area (Å²) in [7, 11) is 0. The van der Waals surface area contributed by atoms with Crippen LogP contribution in [0.25, 0.3) is 103 Å². The van der Waals surface area contributed by atoms with E-state index < -0.39 is 0 Å². The normalized spacial score (nSPS) is 15.0. The second kappa shape index (κ2) is 13.3. The minimum Gasteiger partial charge on any atom is -0.134 e. The Morgan fingerprint density at radius 1 is 0.484 bits per heavy atom. The quantitative estimate of drug-likeness (QED) is 0.152. The summed E-state index contributed by atoms with van der Waals surface area (Å²) < 4.78 is 2.69. The average molecular weight is 811 g/mol. The molecule has 0 fully saturated rings. The number of hydrogen-bond acceptors (Lipinski definition) is 1. The van der Waals surface area contributed by atoms with Crippen molar-refractivity contribution in [3.8, 4) is 44.5 Å². The van der Waals surface area contributed by atoms with Gasteiger partial charge in [-0.3, -0.25) is 0 Å². The molecule has 2 aliphatic carbocycles. The van der Waals surface area contributed by atoms with Gasteiger partial charge in [0.25, 0.3) is 0 Å². The van der Waals surface area contributed by atoms with Crippen LogP contribution >= 0.6 is 11.3 Å². The number of hydrogen-bond donors (Lipinski definition) is 0. The molecule has 62 heavy (non-hydrogen) atoms. The zero-order valence-electron chi connectivity index (χ0n) is 35.9. The van der Waals surface area contributed by atoms with Crippen molar-refractivity contribution in [3.05, 3.63) is 210 Å². The van der Waals surface area contributed by atoms with Gasteiger partial charge in [0.2, 0.25) is 0 Å². The van der Waals surface area contributed by atoms with Crippen molar-refractivity contribution in [2.75, 3.05) is 0 Å². The molecule has 0 nitrogen and oxygen atoms in total. The van der Waals surface area contributed by atoms with Crippen molar-refractivity contribution in [1.82, 2.24) is 0 Å². The standard InChI is InChI=1S/C61H46S/c1-7-18-46-50(8-2)61(5,6)58-48(35-53-56(57(46)58)47-31-27-36-19-12-13-22-40(36)59(47)62-53)38-29-32-51-49(33-38)41-30-28-39(34-52(41)60(51,3)4)55-44-25-16-14-23-42(44)54(37-20-10-9-11-21-37)43-24-15-17-26-45(43)55/h7-35H,2H2,1,3-6H3/b18-7-. The second-order valence-electron chi connectivity index (χ2n) is 18.3. The van der Waals surface area contributed by atoms with E-state index in [-0.39, 0.29) is 10.8 Å². The van der Waals surface area contributed by atoms with Crippen LogP contribution < -0.4 is 0 Å². The summed E-state index contributed by atoms with van der Waals surface area (Å²) in [6, 6.07) is 59.5. The molecule has 9 aromatic carbocycles. The van der Waals surface area contributed by atoms with Crippen LogP contribution in [0, 0.1) is 0 Å². The van der Waals surface area contributed by atoms with Crippen molar-refractivity contribution >= 4 is 69.4 Å². The molecule has 2 aliphatic rings. The Hall–Kier alpha value is -6.80. The van der Waals surface area contributed by atoms with Crippen LogP contribution in [0.3, 0.4) is 0 Å². The van der Waals surface area contributed by atoms with Gasteiger partial charge in [0.15, 0.2) is 0 Å². The van der Waals surface area contributed by atoms with Gasteiger partial charge in [-0.25, -0.2) is 0 Å². The first kappa shape index (κ1) is 37.0. The smallest absolute Gasteiger partial charge is 0.0434 e. The van der Waals surface area contributed by atoms with Gasteiger partial charge in [0, 0.05) is 31.0 Å². The van der Waals surface area contributed by atoms with Gasteiger partial charge < -0.3 is 0 Å². The number of benzene rings is 9. The zero-order chi connectivity index (χ0) is 42.1. The van der Waals surface area contributed by atoms with Gasteiger partial charge in [-0.2, -0.15) is 0 Å². The van der Waals surface area contributed by atoms with E-state index in [9.17, 15) is 0 Å². The number of fused-ring (bicyclic) bond motifs is 12. The van der Waals surface area contributed by atoms with E-state index >= 15 is 0 Å². The van der Waals surface area contributed by atoms with Gasteiger partial charge in [-0.15, -0.1) is 11.3 Å². The highest BCUT2D eigenvalue weighted by Crippen LogP contribution is 2.58. The van der Waals surface area contributed by atoms with Gasteiger partial charge in [0.1, 0.15) is 0 Å². The molecule has 0 atom stereocenters. The van der Waals surface area contributed by atoms with E-state index in [1.54, 1.807) is 0 Å². The van der Waals surface area contributed by atoms with E-state index in [1.807, 2.05) is 11.3 Å². The maximum Gasteiger partial charge on any atom is 0.0434 e. The van der Waals surface area contributed by atoms with Crippen LogP contribution in [0.4, 0.5) is 0 Å². The van der Waals surface area contributed by atoms with Gasteiger partial charge in [-0.05, 0) is 135 Å². The molecule has 12 rings (SSSR count). The molecule has 0 saturated carbocycles. The molecule has 10 aromatic rings. The Morgan fingerprint density at radius 3 is 1.79 bits per heavy atom. The third kappa shape index (κ3) is 5.00. The molecule has 0 spiro atoms. The van der Waals surface area contributed by atoms with Crippen molar-refractivity contribution in [3.63, 3.8) is 0 Å². The van der Waals surface area contributed by atoms with Crippen molar-refractivity contribution in [2.24, 2.45) is 0 Å². The van der Waals surface area contributed by atoms with E-state index in [4.69, 9.17) is 0 Å². The fraction of sp³-hybridized carbons (Fsp3) is 0.115. The molecule has 296 valence electrons. The molecular weight excluding hydrogens is 765 g/mol. The Bertz CT molecular complexity index is 3580. The van der Waals surface area contributed by atoms with E-state index in [2.05, 4.69) is 217 Å². The molecule has 0 unspecified atom stereocenters. The fourth-order valence-corrected chi connectivity index (χ4v) is 12.8. The fourth-order valence-electron chi connectivity index (χ4n) is 11.6. The zero-order valence-corrected chi connectivity index (χ0v) is 36.7. The Morgan fingerprint density at radius 2 is 1.11 bits per heavy atom. The van der Waals surface area contributed by atoms with E-state index in [1.165, 1.54) is 130 Å². The lowest BCUT2D eigenvalue weighted by molar-refractivity contribution is 0.656. The highest BCUT2D eigenvalue weighted by molar-refractivity contribution is 7.26. The third-order valence-corrected chi connectivity index (χ3v) is 15.5. The summed E-state index contributed by atoms with van der Waals surface area (Å²) >= 11 is 1.94. The minimum absolute atomic E-state index is 0.177. The van der Waals surface area contributed by atoms with Crippen LogP contribution in [-0.4, -0.2) is 0 Å². The van der Waals surface area contributed by atoms with Crippen LogP contribution in [0.5, 0.6) is 0 Å². The van der Waals surface area contributed by atoms with Crippen LogP contribution in [-0.2, 0) is 10.8 Å². The molecule has 0 N–H and O–H groups in total. The summed E-state index contributed by atoms with van der Waals surface area (Å²) in [6.45, 7) is 16.2. The first-order valence-corrected chi connectivity index (χ1v) is 22.7. The maximum absolute atomic E-state index is 4.41. The second-order valence-corrected chi connectivity index (χ2v) is 19.4. The maximum atomic E-state index is 4.41. The molecular formula is C61H46S. The molecule has 0 amide bonds. The van der Waals surface area contributed by atoms with Gasteiger partial charge in [0.05, 0.1) is 0 Å². The van der Waals surface area contributed by atoms with Crippen LogP contribution in [0.1, 0.15) is 56.9 Å². The summed E-state index contributed by atoms with van der Waals surface area (Å²) in [5.74, 6) is 0.